The third-order valence-corrected chi connectivity index (χ3v) is 7.52. The summed E-state index contributed by atoms with van der Waals surface area (Å²) >= 11 is 0. The van der Waals surface area contributed by atoms with Gasteiger partial charge in [0.25, 0.3) is 0 Å². The Morgan fingerprint density at radius 3 is 2.47 bits per heavy atom. The molecule has 6 nitrogen and oxygen atoms in total. The summed E-state index contributed by atoms with van der Waals surface area (Å²) in [5, 5.41) is 0. The number of para-hydroxylation sites is 3. The van der Waals surface area contributed by atoms with Gasteiger partial charge in [-0.25, -0.2) is 17.8 Å². The molecule has 3 aromatic rings. The third-order valence-electron chi connectivity index (χ3n) is 5.63. The van der Waals surface area contributed by atoms with Gasteiger partial charge >= 0.3 is 0 Å². The van der Waals surface area contributed by atoms with Gasteiger partial charge in [0.15, 0.2) is 5.75 Å². The van der Waals surface area contributed by atoms with E-state index < -0.39 is 15.8 Å². The zero-order valence-corrected chi connectivity index (χ0v) is 18.1. The molecule has 164 valence electrons. The van der Waals surface area contributed by atoms with Crippen LogP contribution >= 0.6 is 0 Å². The van der Waals surface area contributed by atoms with E-state index in [1.54, 1.807) is 0 Å². The fourth-order valence-corrected chi connectivity index (χ4v) is 5.53. The van der Waals surface area contributed by atoms with Gasteiger partial charge in [0, 0.05) is 26.2 Å². The van der Waals surface area contributed by atoms with E-state index in [0.717, 1.165) is 23.2 Å². The Labute approximate surface area is 186 Å². The first-order valence-corrected chi connectivity index (χ1v) is 11.9. The molecule has 32 heavy (non-hydrogen) atoms. The Morgan fingerprint density at radius 1 is 0.844 bits per heavy atom. The number of sulfonamides is 1. The summed E-state index contributed by atoms with van der Waals surface area (Å²) in [6.07, 6.45) is 0.623. The van der Waals surface area contributed by atoms with Crippen LogP contribution in [0, 0.1) is 5.82 Å². The van der Waals surface area contributed by atoms with E-state index in [4.69, 9.17) is 9.73 Å². The van der Waals surface area contributed by atoms with Crippen molar-refractivity contribution in [3.8, 4) is 11.5 Å². The lowest BCUT2D eigenvalue weighted by Crippen LogP contribution is -2.37. The molecule has 0 unspecified atom stereocenters. The van der Waals surface area contributed by atoms with Crippen LogP contribution in [0.3, 0.4) is 0 Å². The summed E-state index contributed by atoms with van der Waals surface area (Å²) in [6, 6.07) is 20.5. The quantitative estimate of drug-likeness (QED) is 0.579. The van der Waals surface area contributed by atoms with Crippen molar-refractivity contribution in [3.05, 3.63) is 84.2 Å². The minimum Gasteiger partial charge on any atom is -0.454 e. The van der Waals surface area contributed by atoms with E-state index in [9.17, 15) is 12.8 Å². The van der Waals surface area contributed by atoms with Crippen LogP contribution in [0.4, 0.5) is 10.1 Å². The molecule has 0 aromatic heterocycles. The lowest BCUT2D eigenvalue weighted by molar-refractivity contribution is 0.407. The summed E-state index contributed by atoms with van der Waals surface area (Å²) < 4.78 is 47.3. The lowest BCUT2D eigenvalue weighted by Gasteiger charge is -2.25. The number of rotatable bonds is 2. The van der Waals surface area contributed by atoms with E-state index in [2.05, 4.69) is 4.90 Å². The minimum atomic E-state index is -3.78. The predicted octanol–water partition coefficient (Wildman–Crippen LogP) is 4.41. The van der Waals surface area contributed by atoms with E-state index in [-0.39, 0.29) is 11.4 Å². The van der Waals surface area contributed by atoms with Crippen molar-refractivity contribution >= 4 is 21.5 Å². The number of hydrogen-bond acceptors (Lipinski definition) is 5. The minimum absolute atomic E-state index is 0.0228. The Morgan fingerprint density at radius 2 is 1.62 bits per heavy atom. The molecule has 0 spiro atoms. The first kappa shape index (κ1) is 20.7. The van der Waals surface area contributed by atoms with Crippen LogP contribution in [0.2, 0.25) is 0 Å². The topological polar surface area (TPSA) is 62.2 Å². The van der Waals surface area contributed by atoms with Gasteiger partial charge in [0.1, 0.15) is 23.1 Å². The fourth-order valence-electron chi connectivity index (χ4n) is 4.03. The maximum Gasteiger partial charge on any atom is 0.243 e. The molecule has 0 radical (unpaired) electrons. The number of benzene rings is 3. The second-order valence-corrected chi connectivity index (χ2v) is 9.64. The molecule has 2 aliphatic rings. The number of halogens is 1. The summed E-state index contributed by atoms with van der Waals surface area (Å²) in [6.45, 7) is 1.74. The molecule has 0 N–H and O–H groups in total. The Balaban J connectivity index is 1.46. The Kier molecular flexibility index (Phi) is 5.40. The molecule has 0 bridgehead atoms. The molecular weight excluding hydrogens is 429 g/mol. The van der Waals surface area contributed by atoms with Gasteiger partial charge in [0.05, 0.1) is 10.5 Å². The first-order chi connectivity index (χ1) is 15.5. The average Bonchev–Trinajstić information content (AvgIpc) is 3.14. The van der Waals surface area contributed by atoms with Crippen molar-refractivity contribution in [2.24, 2.45) is 4.99 Å². The van der Waals surface area contributed by atoms with Gasteiger partial charge in [-0.2, -0.15) is 4.31 Å². The second-order valence-electron chi connectivity index (χ2n) is 7.70. The summed E-state index contributed by atoms with van der Waals surface area (Å²) in [5.74, 6) is 1.59. The normalized spacial score (nSPS) is 16.8. The number of aliphatic imine (C=N–C) groups is 1. The first-order valence-electron chi connectivity index (χ1n) is 10.5. The van der Waals surface area contributed by atoms with Crippen LogP contribution < -0.4 is 4.74 Å². The highest BCUT2D eigenvalue weighted by Gasteiger charge is 2.30. The van der Waals surface area contributed by atoms with Gasteiger partial charge in [-0.05, 0) is 48.9 Å². The number of ether oxygens (including phenoxy) is 1. The highest BCUT2D eigenvalue weighted by Crippen LogP contribution is 2.38. The number of amidine groups is 1. The second kappa shape index (κ2) is 8.37. The van der Waals surface area contributed by atoms with Crippen molar-refractivity contribution in [3.63, 3.8) is 0 Å². The van der Waals surface area contributed by atoms with Gasteiger partial charge in [-0.1, -0.05) is 30.3 Å². The molecule has 8 heteroatoms. The average molecular weight is 452 g/mol. The van der Waals surface area contributed by atoms with Crippen molar-refractivity contribution in [2.75, 3.05) is 26.2 Å². The summed E-state index contributed by atoms with van der Waals surface area (Å²) in [5.41, 5.74) is 1.59. The van der Waals surface area contributed by atoms with E-state index in [1.807, 2.05) is 48.5 Å². The fraction of sp³-hybridized carbons (Fsp3) is 0.208. The molecule has 1 fully saturated rings. The third kappa shape index (κ3) is 3.87. The van der Waals surface area contributed by atoms with E-state index in [1.165, 1.54) is 22.5 Å². The molecule has 2 aliphatic heterocycles. The van der Waals surface area contributed by atoms with Gasteiger partial charge in [-0.15, -0.1) is 0 Å². The molecule has 2 heterocycles. The van der Waals surface area contributed by atoms with Crippen molar-refractivity contribution < 1.29 is 17.5 Å². The Bertz CT molecular complexity index is 1290. The van der Waals surface area contributed by atoms with Crippen LogP contribution in [0.25, 0.3) is 0 Å². The SMILES string of the molecule is O=S(=O)(c1cccc(F)c1)N1CCCN(C2=Nc3ccccc3Oc3ccccc32)CC1. The molecule has 3 aromatic carbocycles. The molecule has 1 saturated heterocycles. The maximum atomic E-state index is 13.6. The zero-order chi connectivity index (χ0) is 22.1. The summed E-state index contributed by atoms with van der Waals surface area (Å²) in [4.78, 5) is 6.98. The standard InChI is InChI=1S/C24H22FN3O3S/c25-18-7-5-8-19(17-18)32(29,30)28-14-6-13-27(15-16-28)24-20-9-1-3-11-22(20)31-23-12-4-2-10-21(23)26-24/h1-5,7-12,17H,6,13-16H2. The zero-order valence-electron chi connectivity index (χ0n) is 17.3. The smallest absolute Gasteiger partial charge is 0.243 e. The molecule has 0 amide bonds. The lowest BCUT2D eigenvalue weighted by atomic mass is 10.1. The van der Waals surface area contributed by atoms with Gasteiger partial charge in [0.2, 0.25) is 10.0 Å². The molecule has 0 aliphatic carbocycles. The largest absolute Gasteiger partial charge is 0.454 e. The van der Waals surface area contributed by atoms with E-state index in [0.29, 0.717) is 37.6 Å². The monoisotopic (exact) mass is 451 g/mol. The van der Waals surface area contributed by atoms with Crippen LogP contribution in [0.1, 0.15) is 12.0 Å². The predicted molar refractivity (Wildman–Crippen MR) is 121 cm³/mol. The van der Waals surface area contributed by atoms with Crippen LogP contribution in [0.15, 0.2) is 82.7 Å². The van der Waals surface area contributed by atoms with Crippen molar-refractivity contribution in [1.29, 1.82) is 0 Å². The van der Waals surface area contributed by atoms with Crippen LogP contribution in [0.5, 0.6) is 11.5 Å². The number of nitrogens with zero attached hydrogens (tertiary/aromatic N) is 3. The number of fused-ring (bicyclic) bond motifs is 2. The van der Waals surface area contributed by atoms with Crippen LogP contribution in [-0.4, -0.2) is 49.6 Å². The van der Waals surface area contributed by atoms with Crippen molar-refractivity contribution in [2.45, 2.75) is 11.3 Å². The van der Waals surface area contributed by atoms with Crippen molar-refractivity contribution in [1.82, 2.24) is 9.21 Å². The molecule has 0 atom stereocenters. The van der Waals surface area contributed by atoms with Gasteiger partial charge < -0.3 is 9.64 Å². The number of hydrogen-bond donors (Lipinski definition) is 0. The maximum absolute atomic E-state index is 13.6. The highest BCUT2D eigenvalue weighted by molar-refractivity contribution is 7.89. The van der Waals surface area contributed by atoms with E-state index >= 15 is 0 Å². The molecule has 0 saturated carbocycles. The molecule has 5 rings (SSSR count). The molecular formula is C24H22FN3O3S. The highest BCUT2D eigenvalue weighted by atomic mass is 32.2. The Hall–Kier alpha value is -3.23. The summed E-state index contributed by atoms with van der Waals surface area (Å²) in [7, 11) is -3.78. The van der Waals surface area contributed by atoms with Crippen LogP contribution in [-0.2, 0) is 10.0 Å². The van der Waals surface area contributed by atoms with Gasteiger partial charge in [-0.3, -0.25) is 0 Å².